The molecule has 1 aliphatic rings. The van der Waals surface area contributed by atoms with E-state index >= 15 is 0 Å². The number of nitrogens with one attached hydrogen (secondary N) is 1. The number of aryl methyl sites for hydroxylation is 1. The molecule has 0 aliphatic carbocycles. The van der Waals surface area contributed by atoms with Crippen LogP contribution < -0.4 is 11.1 Å². The predicted octanol–water partition coefficient (Wildman–Crippen LogP) is 1.22. The van der Waals surface area contributed by atoms with Crippen molar-refractivity contribution in [3.05, 3.63) is 23.8 Å². The lowest BCUT2D eigenvalue weighted by atomic mass is 10.1. The van der Waals surface area contributed by atoms with Crippen LogP contribution in [0.4, 0.5) is 11.4 Å². The van der Waals surface area contributed by atoms with Gasteiger partial charge in [0.2, 0.25) is 5.91 Å². The van der Waals surface area contributed by atoms with Crippen molar-refractivity contribution < 1.29 is 9.90 Å². The highest BCUT2D eigenvalue weighted by molar-refractivity contribution is 5.95. The van der Waals surface area contributed by atoms with E-state index in [1.54, 1.807) is 6.07 Å². The Morgan fingerprint density at radius 1 is 1.60 bits per heavy atom. The Labute approximate surface area is 119 Å². The highest BCUT2D eigenvalue weighted by Gasteiger charge is 2.29. The summed E-state index contributed by atoms with van der Waals surface area (Å²) in [6.45, 7) is 5.67. The summed E-state index contributed by atoms with van der Waals surface area (Å²) in [5, 5.41) is 12.1. The summed E-state index contributed by atoms with van der Waals surface area (Å²) < 4.78 is 0. The average molecular weight is 277 g/mol. The number of nitrogen functional groups attached to an aromatic ring is 1. The van der Waals surface area contributed by atoms with Gasteiger partial charge in [0.15, 0.2) is 0 Å². The third kappa shape index (κ3) is 3.29. The number of benzene rings is 1. The molecule has 20 heavy (non-hydrogen) atoms. The van der Waals surface area contributed by atoms with Crippen molar-refractivity contribution in [1.82, 2.24) is 4.90 Å². The van der Waals surface area contributed by atoms with E-state index in [1.165, 1.54) is 0 Å². The number of carbonyl (C=O) groups excluding carboxylic acids is 1. The van der Waals surface area contributed by atoms with Gasteiger partial charge in [0.1, 0.15) is 0 Å². The Morgan fingerprint density at radius 2 is 2.35 bits per heavy atom. The maximum atomic E-state index is 12.3. The molecule has 1 heterocycles. The van der Waals surface area contributed by atoms with Gasteiger partial charge in [-0.2, -0.15) is 0 Å². The maximum absolute atomic E-state index is 12.3. The third-order valence-electron chi connectivity index (χ3n) is 4.02. The molecule has 2 unspecified atom stereocenters. The zero-order valence-corrected chi connectivity index (χ0v) is 12.1. The molecule has 4 N–H and O–H groups in total. The van der Waals surface area contributed by atoms with Crippen LogP contribution in [0.3, 0.4) is 0 Å². The Balaban J connectivity index is 1.99. The van der Waals surface area contributed by atoms with Crippen LogP contribution in [0.1, 0.15) is 18.9 Å². The van der Waals surface area contributed by atoms with Gasteiger partial charge in [-0.15, -0.1) is 0 Å². The molecule has 0 saturated carbocycles. The lowest BCUT2D eigenvalue weighted by Gasteiger charge is -2.23. The van der Waals surface area contributed by atoms with Gasteiger partial charge in [-0.25, -0.2) is 0 Å². The van der Waals surface area contributed by atoms with Gasteiger partial charge in [0.05, 0.1) is 6.04 Å². The molecule has 110 valence electrons. The van der Waals surface area contributed by atoms with Crippen molar-refractivity contribution >= 4 is 17.3 Å². The van der Waals surface area contributed by atoms with Gasteiger partial charge in [0, 0.05) is 24.5 Å². The number of anilines is 2. The van der Waals surface area contributed by atoms with E-state index in [-0.39, 0.29) is 18.6 Å². The fourth-order valence-electron chi connectivity index (χ4n) is 2.54. The van der Waals surface area contributed by atoms with Crippen LogP contribution in [-0.4, -0.2) is 41.7 Å². The summed E-state index contributed by atoms with van der Waals surface area (Å²) in [4.78, 5) is 14.4. The maximum Gasteiger partial charge on any atom is 0.241 e. The molecule has 5 heteroatoms. The molecule has 0 bridgehead atoms. The number of likely N-dealkylation sites (tertiary alicyclic amines) is 1. The van der Waals surface area contributed by atoms with Crippen LogP contribution in [0, 0.1) is 12.8 Å². The lowest BCUT2D eigenvalue weighted by Crippen LogP contribution is -2.41. The summed E-state index contributed by atoms with van der Waals surface area (Å²) >= 11 is 0. The first-order valence-corrected chi connectivity index (χ1v) is 7.03. The fourth-order valence-corrected chi connectivity index (χ4v) is 2.54. The Hall–Kier alpha value is -1.59. The fraction of sp³-hybridized carbons (Fsp3) is 0.533. The average Bonchev–Trinajstić information content (AvgIpc) is 2.90. The topological polar surface area (TPSA) is 78.6 Å². The normalized spacial score (nSPS) is 20.9. The highest BCUT2D eigenvalue weighted by atomic mass is 16.3. The summed E-state index contributed by atoms with van der Waals surface area (Å²) in [6.07, 6.45) is 0.950. The first-order chi connectivity index (χ1) is 9.51. The van der Waals surface area contributed by atoms with Crippen molar-refractivity contribution in [3.8, 4) is 0 Å². The zero-order valence-electron chi connectivity index (χ0n) is 12.1. The van der Waals surface area contributed by atoms with Crippen LogP contribution in [0.15, 0.2) is 18.2 Å². The van der Waals surface area contributed by atoms with E-state index in [9.17, 15) is 4.79 Å². The molecule has 1 aliphatic heterocycles. The number of amides is 1. The molecule has 2 atom stereocenters. The minimum Gasteiger partial charge on any atom is -0.399 e. The Bertz CT molecular complexity index is 490. The largest absolute Gasteiger partial charge is 0.399 e. The van der Waals surface area contributed by atoms with Crippen LogP contribution in [0.25, 0.3) is 0 Å². The van der Waals surface area contributed by atoms with Gasteiger partial charge < -0.3 is 16.2 Å². The molecule has 1 saturated heterocycles. The van der Waals surface area contributed by atoms with Gasteiger partial charge in [-0.05, 0) is 50.4 Å². The zero-order chi connectivity index (χ0) is 14.7. The van der Waals surface area contributed by atoms with Gasteiger partial charge in [-0.1, -0.05) is 6.07 Å². The van der Waals surface area contributed by atoms with Crippen molar-refractivity contribution in [2.75, 3.05) is 30.7 Å². The van der Waals surface area contributed by atoms with Crippen molar-refractivity contribution in [3.63, 3.8) is 0 Å². The Morgan fingerprint density at radius 3 is 3.00 bits per heavy atom. The van der Waals surface area contributed by atoms with Gasteiger partial charge >= 0.3 is 0 Å². The second kappa shape index (κ2) is 6.24. The number of aliphatic hydroxyl groups excluding tert-OH is 1. The van der Waals surface area contributed by atoms with Crippen LogP contribution in [-0.2, 0) is 4.79 Å². The summed E-state index contributed by atoms with van der Waals surface area (Å²) in [5.41, 5.74) is 8.15. The van der Waals surface area contributed by atoms with Gasteiger partial charge in [-0.3, -0.25) is 9.69 Å². The van der Waals surface area contributed by atoms with Crippen LogP contribution >= 0.6 is 0 Å². The van der Waals surface area contributed by atoms with E-state index < -0.39 is 0 Å². The minimum atomic E-state index is -0.201. The second-order valence-electron chi connectivity index (χ2n) is 5.57. The molecule has 0 radical (unpaired) electrons. The number of rotatable bonds is 4. The van der Waals surface area contributed by atoms with Crippen LogP contribution in [0.5, 0.6) is 0 Å². The number of aliphatic hydroxyl groups is 1. The summed E-state index contributed by atoms with van der Waals surface area (Å²) in [6, 6.07) is 5.29. The molecule has 0 spiro atoms. The lowest BCUT2D eigenvalue weighted by molar-refractivity contribution is -0.120. The number of hydrogen-bond acceptors (Lipinski definition) is 4. The van der Waals surface area contributed by atoms with Crippen molar-refractivity contribution in [2.45, 2.75) is 26.3 Å². The summed E-state index contributed by atoms with van der Waals surface area (Å²) in [5.74, 6) is 0.261. The van der Waals surface area contributed by atoms with E-state index in [4.69, 9.17) is 10.8 Å². The van der Waals surface area contributed by atoms with Crippen molar-refractivity contribution in [2.24, 2.45) is 5.92 Å². The van der Waals surface area contributed by atoms with E-state index in [2.05, 4.69) is 10.2 Å². The predicted molar refractivity (Wildman–Crippen MR) is 80.4 cm³/mol. The van der Waals surface area contributed by atoms with E-state index in [1.807, 2.05) is 26.0 Å². The van der Waals surface area contributed by atoms with Gasteiger partial charge in [0.25, 0.3) is 0 Å². The second-order valence-corrected chi connectivity index (χ2v) is 5.57. The number of carbonyl (C=O) groups is 1. The molecule has 2 rings (SSSR count). The molecule has 1 amide bonds. The van der Waals surface area contributed by atoms with E-state index in [0.717, 1.165) is 30.8 Å². The smallest absolute Gasteiger partial charge is 0.241 e. The third-order valence-corrected chi connectivity index (χ3v) is 4.02. The molecule has 5 nitrogen and oxygen atoms in total. The molecule has 0 aromatic heterocycles. The number of nitrogens with two attached hydrogens (primary N) is 1. The first kappa shape index (κ1) is 14.8. The monoisotopic (exact) mass is 277 g/mol. The highest BCUT2D eigenvalue weighted by Crippen LogP contribution is 2.21. The van der Waals surface area contributed by atoms with Crippen molar-refractivity contribution in [1.29, 1.82) is 0 Å². The number of nitrogens with zero attached hydrogens (tertiary/aromatic N) is 1. The molecule has 1 aromatic carbocycles. The number of hydrogen-bond donors (Lipinski definition) is 3. The minimum absolute atomic E-state index is 0.0303. The molecular formula is C15H23N3O2. The molecule has 1 fully saturated rings. The Kier molecular flexibility index (Phi) is 4.62. The first-order valence-electron chi connectivity index (χ1n) is 7.03. The summed E-state index contributed by atoms with van der Waals surface area (Å²) in [7, 11) is 0. The van der Waals surface area contributed by atoms with Crippen LogP contribution in [0.2, 0.25) is 0 Å². The SMILES string of the molecule is Cc1ccc(N)cc1NC(=O)C(C)N1CCC(CO)C1. The molecule has 1 aromatic rings. The molecular weight excluding hydrogens is 254 g/mol. The quantitative estimate of drug-likeness (QED) is 0.723. The van der Waals surface area contributed by atoms with E-state index in [0.29, 0.717) is 11.6 Å². The standard InChI is InChI=1S/C15H23N3O2/c1-10-3-4-13(16)7-14(10)17-15(20)11(2)18-6-5-12(8-18)9-19/h3-4,7,11-12,19H,5-6,8-9,16H2,1-2H3,(H,17,20).